The Bertz CT molecular complexity index is 468. The first-order valence-corrected chi connectivity index (χ1v) is 5.59. The van der Waals surface area contributed by atoms with Crippen LogP contribution in [0, 0.1) is 0 Å². The van der Waals surface area contributed by atoms with E-state index in [9.17, 15) is 0 Å². The van der Waals surface area contributed by atoms with E-state index in [1.54, 1.807) is 19.5 Å². The lowest BCUT2D eigenvalue weighted by Crippen LogP contribution is -1.90. The molecule has 0 amide bonds. The fraction of sp³-hybridized carbons (Fsp3) is 0.0909. The highest BCUT2D eigenvalue weighted by Crippen LogP contribution is 2.12. The summed E-state index contributed by atoms with van der Waals surface area (Å²) in [4.78, 5) is 4.05. The molecule has 0 aliphatic carbocycles. The van der Waals surface area contributed by atoms with Crippen molar-refractivity contribution in [3.8, 4) is 5.75 Å². The molecule has 0 fully saturated rings. The van der Waals surface area contributed by atoms with E-state index in [0.717, 1.165) is 16.4 Å². The Morgan fingerprint density at radius 2 is 2.44 bits per heavy atom. The third-order valence-corrected chi connectivity index (χ3v) is 2.58. The van der Waals surface area contributed by atoms with Gasteiger partial charge in [-0.05, 0) is 17.7 Å². The Morgan fingerprint density at radius 1 is 1.50 bits per heavy atom. The van der Waals surface area contributed by atoms with Crippen molar-refractivity contribution in [1.29, 1.82) is 0 Å². The third-order valence-electron chi connectivity index (χ3n) is 1.90. The number of benzene rings is 1. The molecule has 1 N–H and O–H groups in total. The van der Waals surface area contributed by atoms with Crippen LogP contribution in [-0.4, -0.2) is 18.3 Å². The zero-order valence-electron chi connectivity index (χ0n) is 8.75. The van der Waals surface area contributed by atoms with Crippen molar-refractivity contribution in [2.24, 2.45) is 5.10 Å². The zero-order chi connectivity index (χ0) is 11.2. The first-order valence-electron chi connectivity index (χ1n) is 4.71. The normalized spacial score (nSPS) is 10.6. The molecule has 0 saturated carbocycles. The van der Waals surface area contributed by atoms with Crippen LogP contribution in [0.3, 0.4) is 0 Å². The van der Waals surface area contributed by atoms with Gasteiger partial charge in [0.15, 0.2) is 0 Å². The van der Waals surface area contributed by atoms with E-state index in [4.69, 9.17) is 4.74 Å². The molecule has 4 nitrogen and oxygen atoms in total. The molecule has 82 valence electrons. The van der Waals surface area contributed by atoms with Gasteiger partial charge in [-0.2, -0.15) is 5.10 Å². The van der Waals surface area contributed by atoms with E-state index in [1.165, 1.54) is 11.3 Å². The van der Waals surface area contributed by atoms with Gasteiger partial charge >= 0.3 is 0 Å². The number of ether oxygens (including phenoxy) is 1. The van der Waals surface area contributed by atoms with Gasteiger partial charge in [0.05, 0.1) is 13.3 Å². The molecule has 0 radical (unpaired) electrons. The molecule has 1 aromatic carbocycles. The van der Waals surface area contributed by atoms with Crippen LogP contribution in [0.2, 0.25) is 0 Å². The van der Waals surface area contributed by atoms with Crippen molar-refractivity contribution in [2.45, 2.75) is 0 Å². The second-order valence-electron chi connectivity index (χ2n) is 2.98. The Morgan fingerprint density at radius 3 is 3.19 bits per heavy atom. The monoisotopic (exact) mass is 233 g/mol. The summed E-state index contributed by atoms with van der Waals surface area (Å²) in [6.45, 7) is 0. The number of hydrogen-bond acceptors (Lipinski definition) is 5. The van der Waals surface area contributed by atoms with Gasteiger partial charge in [0, 0.05) is 11.6 Å². The van der Waals surface area contributed by atoms with Crippen LogP contribution in [0.4, 0.5) is 5.13 Å². The summed E-state index contributed by atoms with van der Waals surface area (Å²) in [7, 11) is 1.64. The standard InChI is InChI=1S/C11H11N3OS/c1-15-10-4-2-3-9(7-10)8-13-14-11-12-5-6-16-11/h2-8H,1H3,(H,12,14)/b13-8+. The van der Waals surface area contributed by atoms with Crippen LogP contribution in [0.15, 0.2) is 40.9 Å². The fourth-order valence-corrected chi connectivity index (χ4v) is 1.64. The van der Waals surface area contributed by atoms with E-state index in [2.05, 4.69) is 15.5 Å². The lowest BCUT2D eigenvalue weighted by molar-refractivity contribution is 0.415. The van der Waals surface area contributed by atoms with Crippen LogP contribution >= 0.6 is 11.3 Å². The smallest absolute Gasteiger partial charge is 0.203 e. The number of hydrazone groups is 1. The fourth-order valence-electron chi connectivity index (χ4n) is 1.16. The predicted molar refractivity (Wildman–Crippen MR) is 66.3 cm³/mol. The molecule has 0 spiro atoms. The molecule has 0 atom stereocenters. The van der Waals surface area contributed by atoms with Gasteiger partial charge in [0.2, 0.25) is 5.13 Å². The maximum Gasteiger partial charge on any atom is 0.203 e. The Hall–Kier alpha value is -1.88. The molecule has 2 aromatic rings. The minimum absolute atomic E-state index is 0.777. The number of hydrogen-bond donors (Lipinski definition) is 1. The lowest BCUT2D eigenvalue weighted by Gasteiger charge is -1.99. The number of methoxy groups -OCH3 is 1. The summed E-state index contributed by atoms with van der Waals surface area (Å²) in [5, 5.41) is 6.75. The molecule has 2 rings (SSSR count). The summed E-state index contributed by atoms with van der Waals surface area (Å²) in [5.74, 6) is 0.818. The molecule has 0 saturated heterocycles. The number of aromatic nitrogens is 1. The highest BCUT2D eigenvalue weighted by atomic mass is 32.1. The molecular formula is C11H11N3OS. The Labute approximate surface area is 97.6 Å². The number of thiazole rings is 1. The van der Waals surface area contributed by atoms with Crippen LogP contribution in [0.1, 0.15) is 5.56 Å². The summed E-state index contributed by atoms with van der Waals surface area (Å²) in [6, 6.07) is 7.68. The van der Waals surface area contributed by atoms with E-state index in [0.29, 0.717) is 0 Å². The maximum atomic E-state index is 5.11. The van der Waals surface area contributed by atoms with Crippen molar-refractivity contribution in [1.82, 2.24) is 4.98 Å². The largest absolute Gasteiger partial charge is 0.497 e. The van der Waals surface area contributed by atoms with E-state index >= 15 is 0 Å². The van der Waals surface area contributed by atoms with Gasteiger partial charge in [-0.3, -0.25) is 5.43 Å². The molecule has 0 aliphatic rings. The second kappa shape index (κ2) is 5.27. The topological polar surface area (TPSA) is 46.5 Å². The average molecular weight is 233 g/mol. The quantitative estimate of drug-likeness (QED) is 0.652. The minimum atomic E-state index is 0.777. The zero-order valence-corrected chi connectivity index (χ0v) is 9.57. The Balaban J connectivity index is 2.00. The van der Waals surface area contributed by atoms with Crippen molar-refractivity contribution >= 4 is 22.7 Å². The summed E-state index contributed by atoms with van der Waals surface area (Å²) >= 11 is 1.51. The number of anilines is 1. The second-order valence-corrected chi connectivity index (χ2v) is 3.88. The number of nitrogens with one attached hydrogen (secondary N) is 1. The predicted octanol–water partition coefficient (Wildman–Crippen LogP) is 2.60. The molecule has 0 aliphatic heterocycles. The summed E-state index contributed by atoms with van der Waals surface area (Å²) in [6.07, 6.45) is 3.46. The number of rotatable bonds is 4. The molecule has 0 unspecified atom stereocenters. The highest BCUT2D eigenvalue weighted by molar-refractivity contribution is 7.13. The highest BCUT2D eigenvalue weighted by Gasteiger charge is 1.92. The van der Waals surface area contributed by atoms with Gasteiger partial charge in [-0.25, -0.2) is 4.98 Å². The van der Waals surface area contributed by atoms with Crippen molar-refractivity contribution in [3.63, 3.8) is 0 Å². The maximum absolute atomic E-state index is 5.11. The van der Waals surface area contributed by atoms with Gasteiger partial charge < -0.3 is 4.74 Å². The van der Waals surface area contributed by atoms with Gasteiger partial charge in [0.1, 0.15) is 5.75 Å². The van der Waals surface area contributed by atoms with Crippen LogP contribution in [-0.2, 0) is 0 Å². The molecule has 1 aromatic heterocycles. The SMILES string of the molecule is COc1cccc(/C=N/Nc2nccs2)c1. The van der Waals surface area contributed by atoms with Gasteiger partial charge in [0.25, 0.3) is 0 Å². The third kappa shape index (κ3) is 2.80. The van der Waals surface area contributed by atoms with Crippen molar-refractivity contribution in [2.75, 3.05) is 12.5 Å². The molecular weight excluding hydrogens is 222 g/mol. The minimum Gasteiger partial charge on any atom is -0.497 e. The summed E-state index contributed by atoms with van der Waals surface area (Å²) in [5.41, 5.74) is 3.82. The molecule has 0 bridgehead atoms. The average Bonchev–Trinajstić information content (AvgIpc) is 2.82. The molecule has 16 heavy (non-hydrogen) atoms. The molecule has 5 heteroatoms. The van der Waals surface area contributed by atoms with Gasteiger partial charge in [-0.1, -0.05) is 12.1 Å². The Kier molecular flexibility index (Phi) is 3.50. The first-order chi connectivity index (χ1) is 7.88. The lowest BCUT2D eigenvalue weighted by atomic mass is 10.2. The van der Waals surface area contributed by atoms with E-state index < -0.39 is 0 Å². The van der Waals surface area contributed by atoms with E-state index in [-0.39, 0.29) is 0 Å². The van der Waals surface area contributed by atoms with Crippen LogP contribution in [0.25, 0.3) is 0 Å². The van der Waals surface area contributed by atoms with Gasteiger partial charge in [-0.15, -0.1) is 11.3 Å². The summed E-state index contributed by atoms with van der Waals surface area (Å²) < 4.78 is 5.11. The van der Waals surface area contributed by atoms with Crippen LogP contribution in [0.5, 0.6) is 5.75 Å². The van der Waals surface area contributed by atoms with Crippen LogP contribution < -0.4 is 10.2 Å². The molecule has 1 heterocycles. The van der Waals surface area contributed by atoms with Crippen molar-refractivity contribution < 1.29 is 4.74 Å². The van der Waals surface area contributed by atoms with E-state index in [1.807, 2.05) is 29.6 Å². The number of nitrogens with zero attached hydrogens (tertiary/aromatic N) is 2. The van der Waals surface area contributed by atoms with Crippen molar-refractivity contribution in [3.05, 3.63) is 41.4 Å². The first kappa shape index (κ1) is 10.6.